The van der Waals surface area contributed by atoms with E-state index in [4.69, 9.17) is 10.5 Å². The minimum atomic E-state index is 0.0633. The first kappa shape index (κ1) is 13.3. The third kappa shape index (κ3) is 3.42. The van der Waals surface area contributed by atoms with Gasteiger partial charge in [-0.25, -0.2) is 4.31 Å². The van der Waals surface area contributed by atoms with E-state index < -0.39 is 0 Å². The van der Waals surface area contributed by atoms with Gasteiger partial charge in [0.1, 0.15) is 0 Å². The Morgan fingerprint density at radius 3 is 2.76 bits per heavy atom. The van der Waals surface area contributed by atoms with Gasteiger partial charge in [-0.15, -0.1) is 0 Å². The Bertz CT molecular complexity index is 282. The average molecular weight is 259 g/mol. The van der Waals surface area contributed by atoms with E-state index in [2.05, 4.69) is 24.6 Å². The number of nitrogens with zero attached hydrogens (tertiary/aromatic N) is 2. The molecule has 2 aliphatic rings. The summed E-state index contributed by atoms with van der Waals surface area (Å²) in [7, 11) is 0. The van der Waals surface area contributed by atoms with Crippen LogP contribution in [0.25, 0.3) is 0 Å². The number of carbonyl (C=O) groups excluding carboxylic acids is 1. The summed E-state index contributed by atoms with van der Waals surface area (Å²) in [5.74, 6) is 0.335. The first-order chi connectivity index (χ1) is 8.06. The number of thiol groups is 1. The molecule has 0 aromatic heterocycles. The number of ether oxygens (including phenoxy) is 1. The molecule has 2 N–H and O–H groups in total. The maximum atomic E-state index is 10.9. The summed E-state index contributed by atoms with van der Waals surface area (Å²) in [4.78, 5) is 13.0. The molecule has 0 radical (unpaired) electrons. The Morgan fingerprint density at radius 1 is 1.53 bits per heavy atom. The lowest BCUT2D eigenvalue weighted by Gasteiger charge is -2.35. The van der Waals surface area contributed by atoms with Gasteiger partial charge < -0.3 is 10.5 Å². The van der Waals surface area contributed by atoms with E-state index in [0.717, 1.165) is 19.5 Å². The van der Waals surface area contributed by atoms with Crippen molar-refractivity contribution in [1.29, 1.82) is 0 Å². The Morgan fingerprint density at radius 2 is 2.24 bits per heavy atom. The molecular formula is C11H21N3O2S. The molecule has 0 spiro atoms. The molecule has 0 aliphatic carbocycles. The lowest BCUT2D eigenvalue weighted by molar-refractivity contribution is -0.131. The molecule has 2 aliphatic heterocycles. The largest absolute Gasteiger partial charge is 0.375 e. The van der Waals surface area contributed by atoms with Gasteiger partial charge in [-0.1, -0.05) is 12.8 Å². The number of Topliss-reactive ketones (excluding diaryl/α,β-unsaturated/α-hetero) is 1. The van der Waals surface area contributed by atoms with Crippen molar-refractivity contribution < 1.29 is 9.53 Å². The zero-order valence-corrected chi connectivity index (χ0v) is 11.1. The highest BCUT2D eigenvalue weighted by Gasteiger charge is 2.30. The van der Waals surface area contributed by atoms with E-state index in [1.807, 2.05) is 4.31 Å². The van der Waals surface area contributed by atoms with Gasteiger partial charge in [-0.05, 0) is 13.3 Å². The second-order valence-electron chi connectivity index (χ2n) is 5.03. The molecule has 3 unspecified atom stereocenters. The van der Waals surface area contributed by atoms with Crippen LogP contribution in [0.15, 0.2) is 0 Å². The normalized spacial score (nSPS) is 32.8. The Labute approximate surface area is 108 Å². The van der Waals surface area contributed by atoms with Gasteiger partial charge in [0, 0.05) is 31.8 Å². The zero-order chi connectivity index (χ0) is 12.4. The summed E-state index contributed by atoms with van der Waals surface area (Å²) in [6, 6.07) is 0.478. The van der Waals surface area contributed by atoms with Crippen molar-refractivity contribution in [3.63, 3.8) is 0 Å². The van der Waals surface area contributed by atoms with E-state index in [1.54, 1.807) is 0 Å². The number of ketones is 1. The van der Waals surface area contributed by atoms with Gasteiger partial charge in [0.15, 0.2) is 5.78 Å². The van der Waals surface area contributed by atoms with Crippen molar-refractivity contribution in [3.8, 4) is 0 Å². The molecule has 2 fully saturated rings. The van der Waals surface area contributed by atoms with Gasteiger partial charge >= 0.3 is 0 Å². The molecule has 2 heterocycles. The molecule has 17 heavy (non-hydrogen) atoms. The summed E-state index contributed by atoms with van der Waals surface area (Å²) in [5.41, 5.74) is 5.93. The summed E-state index contributed by atoms with van der Waals surface area (Å²) in [6.45, 7) is 5.62. The standard InChI is InChI=1S/C11H21N3O2S/c1-8(13-4-9(15)5-13)2-3-16-11-7-14(17)6-10(11)12/h8,10-11,17H,2-7,12H2,1H3. The molecule has 5 nitrogen and oxygen atoms in total. The Hall–Kier alpha value is -0.140. The van der Waals surface area contributed by atoms with Crippen LogP contribution in [0.4, 0.5) is 0 Å². The predicted octanol–water partition coefficient (Wildman–Crippen LogP) is -0.477. The summed E-state index contributed by atoms with van der Waals surface area (Å²) >= 11 is 4.27. The second kappa shape index (κ2) is 5.67. The fourth-order valence-corrected chi connectivity index (χ4v) is 2.60. The highest BCUT2D eigenvalue weighted by Crippen LogP contribution is 2.15. The third-order valence-corrected chi connectivity index (χ3v) is 3.87. The van der Waals surface area contributed by atoms with Gasteiger partial charge in [0.25, 0.3) is 0 Å². The Kier molecular flexibility index (Phi) is 4.43. The van der Waals surface area contributed by atoms with E-state index in [1.165, 1.54) is 0 Å². The maximum absolute atomic E-state index is 10.9. The molecule has 2 saturated heterocycles. The first-order valence-corrected chi connectivity index (χ1v) is 6.53. The minimum Gasteiger partial charge on any atom is -0.375 e. The van der Waals surface area contributed by atoms with Crippen LogP contribution in [0.2, 0.25) is 0 Å². The molecule has 0 aromatic rings. The molecule has 0 aromatic carbocycles. The molecular weight excluding hydrogens is 238 g/mol. The number of nitrogens with two attached hydrogens (primary N) is 1. The van der Waals surface area contributed by atoms with Crippen molar-refractivity contribution >= 4 is 18.6 Å². The minimum absolute atomic E-state index is 0.0633. The molecule has 0 bridgehead atoms. The van der Waals surface area contributed by atoms with Crippen molar-refractivity contribution in [2.45, 2.75) is 31.5 Å². The second-order valence-corrected chi connectivity index (χ2v) is 5.59. The Balaban J connectivity index is 1.61. The molecule has 6 heteroatoms. The van der Waals surface area contributed by atoms with Crippen LogP contribution >= 0.6 is 12.8 Å². The zero-order valence-electron chi connectivity index (χ0n) is 10.2. The van der Waals surface area contributed by atoms with Crippen LogP contribution in [-0.2, 0) is 9.53 Å². The fourth-order valence-electron chi connectivity index (χ4n) is 2.25. The average Bonchev–Trinajstić information content (AvgIpc) is 2.53. The van der Waals surface area contributed by atoms with Crippen LogP contribution in [0.5, 0.6) is 0 Å². The van der Waals surface area contributed by atoms with E-state index in [0.29, 0.717) is 31.5 Å². The number of rotatable bonds is 5. The van der Waals surface area contributed by atoms with E-state index in [-0.39, 0.29) is 12.1 Å². The number of hydrogen-bond donors (Lipinski definition) is 2. The van der Waals surface area contributed by atoms with Gasteiger partial charge in [0.2, 0.25) is 0 Å². The highest BCUT2D eigenvalue weighted by molar-refractivity contribution is 7.77. The monoisotopic (exact) mass is 259 g/mol. The van der Waals surface area contributed by atoms with Gasteiger partial charge in [-0.2, -0.15) is 0 Å². The molecule has 2 rings (SSSR count). The number of likely N-dealkylation sites (tertiary alicyclic amines) is 1. The van der Waals surface area contributed by atoms with Gasteiger partial charge in [-0.3, -0.25) is 9.69 Å². The topological polar surface area (TPSA) is 58.8 Å². The SMILES string of the molecule is CC(CCOC1CN(S)CC1N)N1CC(=O)C1. The van der Waals surface area contributed by atoms with E-state index in [9.17, 15) is 4.79 Å². The van der Waals surface area contributed by atoms with Crippen molar-refractivity contribution in [2.24, 2.45) is 5.73 Å². The molecule has 0 amide bonds. The first-order valence-electron chi connectivity index (χ1n) is 6.13. The van der Waals surface area contributed by atoms with Crippen molar-refractivity contribution in [3.05, 3.63) is 0 Å². The third-order valence-electron chi connectivity index (χ3n) is 3.54. The summed E-state index contributed by atoms with van der Waals surface area (Å²) in [5, 5.41) is 0. The molecule has 3 atom stereocenters. The number of hydrogen-bond acceptors (Lipinski definition) is 6. The van der Waals surface area contributed by atoms with Crippen LogP contribution in [-0.4, -0.2) is 66.0 Å². The highest BCUT2D eigenvalue weighted by atomic mass is 32.1. The lowest BCUT2D eigenvalue weighted by Crippen LogP contribution is -2.52. The van der Waals surface area contributed by atoms with E-state index >= 15 is 0 Å². The van der Waals surface area contributed by atoms with Crippen LogP contribution in [0.1, 0.15) is 13.3 Å². The predicted molar refractivity (Wildman–Crippen MR) is 68.9 cm³/mol. The van der Waals surface area contributed by atoms with Crippen LogP contribution < -0.4 is 5.73 Å². The lowest BCUT2D eigenvalue weighted by atomic mass is 10.1. The molecule has 98 valence electrons. The quantitative estimate of drug-likeness (QED) is 0.653. The maximum Gasteiger partial charge on any atom is 0.160 e. The summed E-state index contributed by atoms with van der Waals surface area (Å²) in [6.07, 6.45) is 1.04. The van der Waals surface area contributed by atoms with Gasteiger partial charge in [0.05, 0.1) is 19.2 Å². The molecule has 0 saturated carbocycles. The van der Waals surface area contributed by atoms with Crippen molar-refractivity contribution in [2.75, 3.05) is 32.8 Å². The number of carbonyl (C=O) groups is 1. The van der Waals surface area contributed by atoms with Crippen LogP contribution in [0, 0.1) is 0 Å². The smallest absolute Gasteiger partial charge is 0.160 e. The summed E-state index contributed by atoms with van der Waals surface area (Å²) < 4.78 is 7.67. The van der Waals surface area contributed by atoms with Crippen LogP contribution in [0.3, 0.4) is 0 Å². The fraction of sp³-hybridized carbons (Fsp3) is 0.909. The van der Waals surface area contributed by atoms with Crippen molar-refractivity contribution in [1.82, 2.24) is 9.21 Å².